The fourth-order valence-electron chi connectivity index (χ4n) is 2.23. The Kier molecular flexibility index (Phi) is 2.71. The van der Waals surface area contributed by atoms with Crippen molar-refractivity contribution in [2.75, 3.05) is 0 Å². The van der Waals surface area contributed by atoms with E-state index in [-0.39, 0.29) is 17.3 Å². The molecule has 1 aromatic carbocycles. The molecule has 0 heterocycles. The number of hydrogen-bond donors (Lipinski definition) is 1. The quantitative estimate of drug-likeness (QED) is 0.810. The number of halogens is 1. The van der Waals surface area contributed by atoms with Crippen LogP contribution in [0.3, 0.4) is 0 Å². The fraction of sp³-hybridized carbons (Fsp3) is 0.417. The van der Waals surface area contributed by atoms with Crippen LogP contribution in [0.15, 0.2) is 18.2 Å². The maximum absolute atomic E-state index is 13.6. The molecule has 80 valence electrons. The number of carboxylic acids is 1. The second-order valence-electron chi connectivity index (χ2n) is 4.02. The van der Waals surface area contributed by atoms with Gasteiger partial charge in [-0.1, -0.05) is 18.9 Å². The minimum Gasteiger partial charge on any atom is -0.478 e. The zero-order chi connectivity index (χ0) is 10.8. The third kappa shape index (κ3) is 2.01. The SMILES string of the molecule is O=C(O)c1ccc(C2CCCC2)c(F)c1. The normalized spacial score (nSPS) is 16.9. The molecule has 1 aliphatic carbocycles. The third-order valence-corrected chi connectivity index (χ3v) is 3.04. The lowest BCUT2D eigenvalue weighted by atomic mass is 9.96. The van der Waals surface area contributed by atoms with Crippen LogP contribution < -0.4 is 0 Å². The van der Waals surface area contributed by atoms with Gasteiger partial charge in [0.25, 0.3) is 0 Å². The maximum Gasteiger partial charge on any atom is 0.335 e. The number of rotatable bonds is 2. The van der Waals surface area contributed by atoms with Crippen LogP contribution in [0.1, 0.15) is 47.5 Å². The Morgan fingerprint density at radius 1 is 1.33 bits per heavy atom. The standard InChI is InChI=1S/C12H13FO2/c13-11-7-9(12(14)15)5-6-10(11)8-3-1-2-4-8/h5-8H,1-4H2,(H,14,15). The van der Waals surface area contributed by atoms with E-state index in [1.165, 1.54) is 6.07 Å². The summed E-state index contributed by atoms with van der Waals surface area (Å²) in [5.41, 5.74) is 0.701. The summed E-state index contributed by atoms with van der Waals surface area (Å²) < 4.78 is 13.6. The van der Waals surface area contributed by atoms with E-state index in [0.717, 1.165) is 31.7 Å². The molecular formula is C12H13FO2. The van der Waals surface area contributed by atoms with Gasteiger partial charge in [-0.3, -0.25) is 0 Å². The molecule has 2 rings (SSSR count). The highest BCUT2D eigenvalue weighted by atomic mass is 19.1. The van der Waals surface area contributed by atoms with Crippen LogP contribution in [0.5, 0.6) is 0 Å². The van der Waals surface area contributed by atoms with Crippen molar-refractivity contribution in [2.24, 2.45) is 0 Å². The van der Waals surface area contributed by atoms with Gasteiger partial charge in [0.1, 0.15) is 5.82 Å². The van der Waals surface area contributed by atoms with Gasteiger partial charge in [0.2, 0.25) is 0 Å². The molecule has 0 amide bonds. The van der Waals surface area contributed by atoms with Crippen molar-refractivity contribution < 1.29 is 14.3 Å². The van der Waals surface area contributed by atoms with Gasteiger partial charge >= 0.3 is 5.97 Å². The molecule has 0 atom stereocenters. The van der Waals surface area contributed by atoms with Gasteiger partial charge in [0.15, 0.2) is 0 Å². The zero-order valence-corrected chi connectivity index (χ0v) is 8.37. The summed E-state index contributed by atoms with van der Waals surface area (Å²) in [6, 6.07) is 4.23. The topological polar surface area (TPSA) is 37.3 Å². The monoisotopic (exact) mass is 208 g/mol. The Bertz CT molecular complexity index is 381. The van der Waals surface area contributed by atoms with E-state index in [2.05, 4.69) is 0 Å². The van der Waals surface area contributed by atoms with E-state index >= 15 is 0 Å². The van der Waals surface area contributed by atoms with Crippen LogP contribution in [-0.4, -0.2) is 11.1 Å². The summed E-state index contributed by atoms with van der Waals surface area (Å²) in [7, 11) is 0. The molecular weight excluding hydrogens is 195 g/mol. The average Bonchev–Trinajstić information content (AvgIpc) is 2.70. The molecule has 1 saturated carbocycles. The van der Waals surface area contributed by atoms with Crippen molar-refractivity contribution in [3.05, 3.63) is 35.1 Å². The predicted octanol–water partition coefficient (Wildman–Crippen LogP) is 3.18. The Morgan fingerprint density at radius 2 is 2.00 bits per heavy atom. The summed E-state index contributed by atoms with van der Waals surface area (Å²) >= 11 is 0. The Labute approximate surface area is 87.7 Å². The molecule has 1 N–H and O–H groups in total. The molecule has 0 saturated heterocycles. The molecule has 15 heavy (non-hydrogen) atoms. The van der Waals surface area contributed by atoms with Crippen LogP contribution in [0.2, 0.25) is 0 Å². The highest BCUT2D eigenvalue weighted by Gasteiger charge is 2.20. The zero-order valence-electron chi connectivity index (χ0n) is 8.37. The molecule has 0 aliphatic heterocycles. The maximum atomic E-state index is 13.6. The van der Waals surface area contributed by atoms with Gasteiger partial charge in [-0.15, -0.1) is 0 Å². The lowest BCUT2D eigenvalue weighted by Crippen LogP contribution is -2.01. The molecule has 1 aliphatic rings. The number of aromatic carboxylic acids is 1. The minimum absolute atomic E-state index is 0.0225. The molecule has 0 bridgehead atoms. The van der Waals surface area contributed by atoms with Crippen LogP contribution in [0.4, 0.5) is 4.39 Å². The molecule has 1 aromatic rings. The third-order valence-electron chi connectivity index (χ3n) is 3.04. The Balaban J connectivity index is 2.29. The first-order valence-corrected chi connectivity index (χ1v) is 5.21. The molecule has 0 radical (unpaired) electrons. The summed E-state index contributed by atoms with van der Waals surface area (Å²) in [4.78, 5) is 10.6. The first kappa shape index (κ1) is 10.1. The number of carbonyl (C=O) groups is 1. The van der Waals surface area contributed by atoms with Crippen molar-refractivity contribution >= 4 is 5.97 Å². The molecule has 0 spiro atoms. The second kappa shape index (κ2) is 4.01. The van der Waals surface area contributed by atoms with Gasteiger partial charge in [0, 0.05) is 0 Å². The fourth-order valence-corrected chi connectivity index (χ4v) is 2.23. The lowest BCUT2D eigenvalue weighted by Gasteiger charge is -2.10. The van der Waals surface area contributed by atoms with Crippen molar-refractivity contribution in [1.82, 2.24) is 0 Å². The second-order valence-corrected chi connectivity index (χ2v) is 4.02. The smallest absolute Gasteiger partial charge is 0.335 e. The van der Waals surface area contributed by atoms with E-state index < -0.39 is 5.97 Å². The summed E-state index contributed by atoms with van der Waals surface area (Å²) in [5, 5.41) is 8.70. The molecule has 3 heteroatoms. The van der Waals surface area contributed by atoms with E-state index in [9.17, 15) is 9.18 Å². The summed E-state index contributed by atoms with van der Waals surface area (Å²) in [5.74, 6) is -1.17. The van der Waals surface area contributed by atoms with Crippen molar-refractivity contribution in [3.63, 3.8) is 0 Å². The highest BCUT2D eigenvalue weighted by Crippen LogP contribution is 2.35. The number of carboxylic acid groups (broad SMARTS) is 1. The van der Waals surface area contributed by atoms with Gasteiger partial charge in [-0.05, 0) is 36.5 Å². The summed E-state index contributed by atoms with van der Waals surface area (Å²) in [6.07, 6.45) is 4.32. The largest absolute Gasteiger partial charge is 0.478 e. The van der Waals surface area contributed by atoms with E-state index in [0.29, 0.717) is 5.56 Å². The Morgan fingerprint density at radius 3 is 2.53 bits per heavy atom. The average molecular weight is 208 g/mol. The minimum atomic E-state index is -1.08. The van der Waals surface area contributed by atoms with Crippen molar-refractivity contribution in [3.8, 4) is 0 Å². The van der Waals surface area contributed by atoms with Crippen molar-refractivity contribution in [1.29, 1.82) is 0 Å². The van der Waals surface area contributed by atoms with Crippen LogP contribution in [-0.2, 0) is 0 Å². The predicted molar refractivity (Wildman–Crippen MR) is 54.6 cm³/mol. The van der Waals surface area contributed by atoms with E-state index in [1.807, 2.05) is 0 Å². The lowest BCUT2D eigenvalue weighted by molar-refractivity contribution is 0.0696. The molecule has 2 nitrogen and oxygen atoms in total. The Hall–Kier alpha value is -1.38. The molecule has 0 unspecified atom stereocenters. The summed E-state index contributed by atoms with van der Waals surface area (Å²) in [6.45, 7) is 0. The highest BCUT2D eigenvalue weighted by molar-refractivity contribution is 5.87. The van der Waals surface area contributed by atoms with Gasteiger partial charge in [-0.25, -0.2) is 9.18 Å². The van der Waals surface area contributed by atoms with Gasteiger partial charge < -0.3 is 5.11 Å². The van der Waals surface area contributed by atoms with Crippen LogP contribution >= 0.6 is 0 Å². The molecule has 1 fully saturated rings. The van der Waals surface area contributed by atoms with E-state index in [1.54, 1.807) is 6.07 Å². The first-order valence-electron chi connectivity index (χ1n) is 5.21. The number of hydrogen-bond acceptors (Lipinski definition) is 1. The van der Waals surface area contributed by atoms with Crippen LogP contribution in [0, 0.1) is 5.82 Å². The van der Waals surface area contributed by atoms with E-state index in [4.69, 9.17) is 5.11 Å². The molecule has 0 aromatic heterocycles. The first-order chi connectivity index (χ1) is 7.18. The number of benzene rings is 1. The van der Waals surface area contributed by atoms with Gasteiger partial charge in [-0.2, -0.15) is 0 Å². The van der Waals surface area contributed by atoms with Gasteiger partial charge in [0.05, 0.1) is 5.56 Å². The van der Waals surface area contributed by atoms with Crippen molar-refractivity contribution in [2.45, 2.75) is 31.6 Å². The van der Waals surface area contributed by atoms with Crippen LogP contribution in [0.25, 0.3) is 0 Å².